The van der Waals surface area contributed by atoms with E-state index in [1.54, 1.807) is 0 Å². The van der Waals surface area contributed by atoms with Crippen LogP contribution in [-0.4, -0.2) is 96.7 Å². The van der Waals surface area contributed by atoms with Crippen molar-refractivity contribution >= 4 is 39.5 Å². The van der Waals surface area contributed by atoms with Crippen LogP contribution in [0.1, 0.15) is 319 Å². The number of hydrogen-bond acceptors (Lipinski definition) is 15. The van der Waals surface area contributed by atoms with Gasteiger partial charge in [0.2, 0.25) is 0 Å². The van der Waals surface area contributed by atoms with Crippen LogP contribution in [0.5, 0.6) is 0 Å². The van der Waals surface area contributed by atoms with Gasteiger partial charge in [-0.2, -0.15) is 0 Å². The third-order valence-corrected chi connectivity index (χ3v) is 17.0. The van der Waals surface area contributed by atoms with E-state index in [1.165, 1.54) is 122 Å². The van der Waals surface area contributed by atoms with E-state index in [0.717, 1.165) is 108 Å². The minimum atomic E-state index is -4.95. The second kappa shape index (κ2) is 56.1. The highest BCUT2D eigenvalue weighted by molar-refractivity contribution is 7.47. The van der Waals surface area contributed by atoms with Gasteiger partial charge in [-0.3, -0.25) is 37.3 Å². The largest absolute Gasteiger partial charge is 0.472 e. The standard InChI is InChI=1S/C66H128O17P2/c1-56(2)42-34-26-18-12-10-9-11-13-23-32-40-48-65(70)82-61(52-76-63(68)46-38-30-21-16-14-19-27-35-43-57(3)4)54-80-84(72,73)78-50-60(67)51-79-85(74,75)81-55-62(83-66(71)49-41-33-25-24-29-37-45-59(7)8)53-77-64(69)47-39-31-22-17-15-20-28-36-44-58(5)6/h56-62,67H,9-55H2,1-8H3,(H,72,73)(H,74,75)/t60?,61-,62-/m1/s1. The van der Waals surface area contributed by atoms with Crippen LogP contribution in [0.3, 0.4) is 0 Å². The number of aliphatic hydroxyl groups excluding tert-OH is 1. The zero-order valence-corrected chi connectivity index (χ0v) is 57.0. The number of phosphoric acid groups is 2. The van der Waals surface area contributed by atoms with Crippen molar-refractivity contribution in [3.8, 4) is 0 Å². The quantitative estimate of drug-likeness (QED) is 0.0222. The van der Waals surface area contributed by atoms with Gasteiger partial charge in [-0.15, -0.1) is 0 Å². The first-order valence-electron chi connectivity index (χ1n) is 34.2. The fraction of sp³-hybridized carbons (Fsp3) is 0.939. The van der Waals surface area contributed by atoms with Crippen molar-refractivity contribution in [2.24, 2.45) is 23.7 Å². The van der Waals surface area contributed by atoms with E-state index in [0.29, 0.717) is 31.6 Å². The minimum Gasteiger partial charge on any atom is -0.462 e. The van der Waals surface area contributed by atoms with E-state index in [4.69, 9.17) is 37.0 Å². The molecule has 0 heterocycles. The topological polar surface area (TPSA) is 237 Å². The summed E-state index contributed by atoms with van der Waals surface area (Å²) in [5, 5.41) is 10.5. The van der Waals surface area contributed by atoms with Crippen LogP contribution in [0.2, 0.25) is 0 Å². The van der Waals surface area contributed by atoms with Crippen molar-refractivity contribution < 1.29 is 80.2 Å². The fourth-order valence-electron chi connectivity index (χ4n) is 9.78. The smallest absolute Gasteiger partial charge is 0.462 e. The molecule has 0 aromatic carbocycles. The van der Waals surface area contributed by atoms with E-state index in [9.17, 15) is 43.2 Å². The Balaban J connectivity index is 5.24. The predicted octanol–water partition coefficient (Wildman–Crippen LogP) is 18.1. The third kappa shape index (κ3) is 60.7. The monoisotopic (exact) mass is 1250 g/mol. The first kappa shape index (κ1) is 83.1. The van der Waals surface area contributed by atoms with E-state index >= 15 is 0 Å². The van der Waals surface area contributed by atoms with Crippen LogP contribution in [0, 0.1) is 23.7 Å². The summed E-state index contributed by atoms with van der Waals surface area (Å²) in [7, 11) is -9.89. The molecular weight excluding hydrogens is 1130 g/mol. The molecule has 0 fully saturated rings. The molecule has 0 saturated carbocycles. The molecule has 0 aliphatic rings. The Bertz CT molecular complexity index is 1700. The van der Waals surface area contributed by atoms with Gasteiger partial charge in [0.1, 0.15) is 19.3 Å². The van der Waals surface area contributed by atoms with Crippen LogP contribution in [0.4, 0.5) is 0 Å². The van der Waals surface area contributed by atoms with Crippen molar-refractivity contribution in [1.29, 1.82) is 0 Å². The summed E-state index contributed by atoms with van der Waals surface area (Å²) in [6, 6.07) is 0. The number of ether oxygens (including phenoxy) is 4. The highest BCUT2D eigenvalue weighted by Gasteiger charge is 2.30. The Labute approximate surface area is 517 Å². The van der Waals surface area contributed by atoms with Gasteiger partial charge in [0.15, 0.2) is 12.2 Å². The van der Waals surface area contributed by atoms with Gasteiger partial charge in [0.25, 0.3) is 0 Å². The number of aliphatic hydroxyl groups is 1. The summed E-state index contributed by atoms with van der Waals surface area (Å²) in [5.41, 5.74) is 0. The second-order valence-corrected chi connectivity index (χ2v) is 28.7. The van der Waals surface area contributed by atoms with Crippen LogP contribution < -0.4 is 0 Å². The summed E-state index contributed by atoms with van der Waals surface area (Å²) >= 11 is 0. The Morgan fingerprint density at radius 2 is 0.494 bits per heavy atom. The highest BCUT2D eigenvalue weighted by Crippen LogP contribution is 2.45. The molecule has 0 aliphatic heterocycles. The Hall–Kier alpha value is -1.94. The van der Waals surface area contributed by atoms with Crippen molar-refractivity contribution in [3.05, 3.63) is 0 Å². The Kier molecular flexibility index (Phi) is 54.8. The molecule has 3 N–H and O–H groups in total. The molecule has 0 bridgehead atoms. The molecule has 19 heteroatoms. The van der Waals surface area contributed by atoms with E-state index < -0.39 is 97.5 Å². The van der Waals surface area contributed by atoms with E-state index in [1.807, 2.05) is 0 Å². The van der Waals surface area contributed by atoms with Gasteiger partial charge < -0.3 is 33.8 Å². The number of carbonyl (C=O) groups excluding carboxylic acids is 4. The maximum Gasteiger partial charge on any atom is 0.472 e. The molecule has 0 saturated heterocycles. The highest BCUT2D eigenvalue weighted by atomic mass is 31.2. The van der Waals surface area contributed by atoms with Gasteiger partial charge in [0, 0.05) is 25.7 Å². The molecule has 0 aromatic heterocycles. The SMILES string of the molecule is CC(C)CCCCCCCCCCCCCC(=O)O[C@H](COC(=O)CCCCCCCCCCC(C)C)COP(=O)(O)OCC(O)COP(=O)(O)OC[C@@H](COC(=O)CCCCCCCCCCC(C)C)OC(=O)CCCCCCCCC(C)C. The van der Waals surface area contributed by atoms with Crippen molar-refractivity contribution in [2.75, 3.05) is 39.6 Å². The summed E-state index contributed by atoms with van der Waals surface area (Å²) < 4.78 is 68.1. The van der Waals surface area contributed by atoms with Crippen LogP contribution in [0.25, 0.3) is 0 Å². The average molecular weight is 1260 g/mol. The molecule has 0 rings (SSSR count). The number of rotatable bonds is 63. The fourth-order valence-corrected chi connectivity index (χ4v) is 11.4. The van der Waals surface area contributed by atoms with Gasteiger partial charge in [-0.05, 0) is 49.4 Å². The lowest BCUT2D eigenvalue weighted by Crippen LogP contribution is -2.30. The predicted molar refractivity (Wildman–Crippen MR) is 340 cm³/mol. The molecule has 504 valence electrons. The number of unbranched alkanes of at least 4 members (excludes halogenated alkanes) is 29. The summed E-state index contributed by atoms with van der Waals surface area (Å²) in [6.45, 7) is 13.9. The summed E-state index contributed by atoms with van der Waals surface area (Å²) in [5.74, 6) is 0.748. The molecule has 3 unspecified atom stereocenters. The van der Waals surface area contributed by atoms with Gasteiger partial charge in [0.05, 0.1) is 26.4 Å². The van der Waals surface area contributed by atoms with Crippen LogP contribution in [-0.2, 0) is 65.4 Å². The number of phosphoric ester groups is 2. The van der Waals surface area contributed by atoms with Crippen molar-refractivity contribution in [2.45, 2.75) is 337 Å². The lowest BCUT2D eigenvalue weighted by atomic mass is 10.0. The van der Waals surface area contributed by atoms with Crippen LogP contribution >= 0.6 is 15.6 Å². The normalized spacial score (nSPS) is 14.4. The zero-order chi connectivity index (χ0) is 63.2. The van der Waals surface area contributed by atoms with Gasteiger partial charge in [-0.1, -0.05) is 267 Å². The lowest BCUT2D eigenvalue weighted by Gasteiger charge is -2.21. The summed E-state index contributed by atoms with van der Waals surface area (Å²) in [6.07, 6.45) is 36.4. The number of esters is 4. The maximum atomic E-state index is 13.0. The summed E-state index contributed by atoms with van der Waals surface area (Å²) in [4.78, 5) is 72.3. The third-order valence-electron chi connectivity index (χ3n) is 15.1. The van der Waals surface area contributed by atoms with Crippen molar-refractivity contribution in [1.82, 2.24) is 0 Å². The molecular formula is C66H128O17P2. The molecule has 0 aliphatic carbocycles. The van der Waals surface area contributed by atoms with Crippen molar-refractivity contribution in [3.63, 3.8) is 0 Å². The second-order valence-electron chi connectivity index (χ2n) is 25.8. The Morgan fingerprint density at radius 1 is 0.294 bits per heavy atom. The first-order valence-corrected chi connectivity index (χ1v) is 37.2. The molecule has 5 atom stereocenters. The number of hydrogen-bond donors (Lipinski definition) is 3. The number of carbonyl (C=O) groups is 4. The van der Waals surface area contributed by atoms with E-state index in [2.05, 4.69) is 55.4 Å². The van der Waals surface area contributed by atoms with Crippen LogP contribution in [0.15, 0.2) is 0 Å². The molecule has 0 aromatic rings. The zero-order valence-electron chi connectivity index (χ0n) is 55.2. The molecule has 0 spiro atoms. The molecule has 0 radical (unpaired) electrons. The first-order chi connectivity index (χ1) is 40.6. The molecule has 85 heavy (non-hydrogen) atoms. The lowest BCUT2D eigenvalue weighted by molar-refractivity contribution is -0.161. The van der Waals surface area contributed by atoms with Gasteiger partial charge in [-0.25, -0.2) is 9.13 Å². The Morgan fingerprint density at radius 3 is 0.729 bits per heavy atom. The molecule has 17 nitrogen and oxygen atoms in total. The maximum absolute atomic E-state index is 13.0. The van der Waals surface area contributed by atoms with Gasteiger partial charge >= 0.3 is 39.5 Å². The minimum absolute atomic E-state index is 0.101. The van der Waals surface area contributed by atoms with E-state index in [-0.39, 0.29) is 25.7 Å². The average Bonchev–Trinajstić information content (AvgIpc) is 3.64. The molecule has 0 amide bonds.